The lowest BCUT2D eigenvalue weighted by atomic mass is 9.96. The van der Waals surface area contributed by atoms with E-state index in [-0.39, 0.29) is 5.54 Å². The van der Waals surface area contributed by atoms with E-state index in [9.17, 15) is 0 Å². The molecule has 0 bridgehead atoms. The van der Waals surface area contributed by atoms with E-state index in [1.54, 1.807) is 0 Å². The average Bonchev–Trinajstić information content (AvgIpc) is 1.94. The van der Waals surface area contributed by atoms with Crippen LogP contribution in [0, 0.1) is 0 Å². The van der Waals surface area contributed by atoms with E-state index >= 15 is 0 Å². The fraction of sp³-hybridized carbons (Fsp3) is 0.400. The third-order valence-electron chi connectivity index (χ3n) is 1.65. The van der Waals surface area contributed by atoms with E-state index in [0.29, 0.717) is 0 Å². The van der Waals surface area contributed by atoms with Gasteiger partial charge in [-0.2, -0.15) is 0 Å². The predicted molar refractivity (Wildman–Crippen MR) is 61.1 cm³/mol. The molecule has 0 heterocycles. The largest absolute Gasteiger partial charge is 0.325 e. The van der Waals surface area contributed by atoms with Crippen molar-refractivity contribution in [1.82, 2.24) is 0 Å². The molecule has 0 saturated heterocycles. The Bertz CT molecular complexity index is 304. The molecule has 0 unspecified atom stereocenters. The van der Waals surface area contributed by atoms with Gasteiger partial charge in [-0.15, -0.1) is 0 Å². The van der Waals surface area contributed by atoms with Gasteiger partial charge in [0.2, 0.25) is 0 Å². The standard InChI is InChI=1S/C10H13BrClN/c1-10(2,13)6-7-5-8(12)3-4-9(7)11/h3-5H,6,13H2,1-2H3. The van der Waals surface area contributed by atoms with Gasteiger partial charge in [0, 0.05) is 15.0 Å². The second-order valence-electron chi connectivity index (χ2n) is 3.90. The van der Waals surface area contributed by atoms with Crippen molar-refractivity contribution in [3.63, 3.8) is 0 Å². The number of nitrogens with two attached hydrogens (primary N) is 1. The van der Waals surface area contributed by atoms with Gasteiger partial charge in [0.1, 0.15) is 0 Å². The average molecular weight is 263 g/mol. The van der Waals surface area contributed by atoms with Crippen LogP contribution in [-0.2, 0) is 6.42 Å². The minimum atomic E-state index is -0.201. The number of halogens is 2. The molecule has 13 heavy (non-hydrogen) atoms. The molecule has 0 aromatic heterocycles. The van der Waals surface area contributed by atoms with Crippen LogP contribution in [-0.4, -0.2) is 5.54 Å². The van der Waals surface area contributed by atoms with Crippen molar-refractivity contribution < 1.29 is 0 Å². The number of benzene rings is 1. The SMILES string of the molecule is CC(C)(N)Cc1cc(Cl)ccc1Br. The summed E-state index contributed by atoms with van der Waals surface area (Å²) in [5.74, 6) is 0. The summed E-state index contributed by atoms with van der Waals surface area (Å²) in [7, 11) is 0. The second-order valence-corrected chi connectivity index (χ2v) is 5.19. The van der Waals surface area contributed by atoms with Gasteiger partial charge in [0.25, 0.3) is 0 Å². The van der Waals surface area contributed by atoms with Crippen LogP contribution in [0.4, 0.5) is 0 Å². The molecule has 2 N–H and O–H groups in total. The first kappa shape index (κ1) is 11.0. The number of hydrogen-bond acceptors (Lipinski definition) is 1. The van der Waals surface area contributed by atoms with Gasteiger partial charge in [0.15, 0.2) is 0 Å². The van der Waals surface area contributed by atoms with E-state index in [2.05, 4.69) is 15.9 Å². The maximum atomic E-state index is 5.92. The van der Waals surface area contributed by atoms with Gasteiger partial charge in [-0.3, -0.25) is 0 Å². The zero-order valence-electron chi connectivity index (χ0n) is 7.77. The van der Waals surface area contributed by atoms with Crippen molar-refractivity contribution in [3.05, 3.63) is 33.3 Å². The summed E-state index contributed by atoms with van der Waals surface area (Å²) in [5, 5.41) is 0.752. The molecule has 72 valence electrons. The zero-order valence-corrected chi connectivity index (χ0v) is 10.1. The summed E-state index contributed by atoms with van der Waals surface area (Å²) in [6.07, 6.45) is 0.814. The van der Waals surface area contributed by atoms with Crippen molar-refractivity contribution in [3.8, 4) is 0 Å². The van der Waals surface area contributed by atoms with Crippen LogP contribution in [0.2, 0.25) is 5.02 Å². The van der Waals surface area contributed by atoms with E-state index in [1.807, 2.05) is 32.0 Å². The molecule has 0 spiro atoms. The van der Waals surface area contributed by atoms with Crippen molar-refractivity contribution >= 4 is 27.5 Å². The summed E-state index contributed by atoms with van der Waals surface area (Å²) < 4.78 is 1.07. The Labute approximate surface area is 92.4 Å². The van der Waals surface area contributed by atoms with Crippen molar-refractivity contribution in [2.45, 2.75) is 25.8 Å². The van der Waals surface area contributed by atoms with Gasteiger partial charge < -0.3 is 5.73 Å². The Morgan fingerprint density at radius 1 is 1.46 bits per heavy atom. The van der Waals surface area contributed by atoms with Gasteiger partial charge in [-0.05, 0) is 44.0 Å². The topological polar surface area (TPSA) is 26.0 Å². The maximum Gasteiger partial charge on any atom is 0.0409 e. The van der Waals surface area contributed by atoms with E-state index in [1.165, 1.54) is 0 Å². The van der Waals surface area contributed by atoms with Crippen molar-refractivity contribution in [2.75, 3.05) is 0 Å². The molecule has 0 radical (unpaired) electrons. The molecule has 3 heteroatoms. The number of rotatable bonds is 2. The van der Waals surface area contributed by atoms with Crippen LogP contribution in [0.5, 0.6) is 0 Å². The highest BCUT2D eigenvalue weighted by molar-refractivity contribution is 9.10. The number of hydrogen-bond donors (Lipinski definition) is 1. The normalized spacial score (nSPS) is 11.8. The lowest BCUT2D eigenvalue weighted by Gasteiger charge is -2.19. The lowest BCUT2D eigenvalue weighted by Crippen LogP contribution is -2.34. The minimum Gasteiger partial charge on any atom is -0.325 e. The molecule has 1 aromatic rings. The third kappa shape index (κ3) is 3.67. The Morgan fingerprint density at radius 3 is 2.62 bits per heavy atom. The molecule has 1 aromatic carbocycles. The van der Waals surface area contributed by atoms with Crippen LogP contribution < -0.4 is 5.73 Å². The summed E-state index contributed by atoms with van der Waals surface area (Å²) in [6.45, 7) is 4.00. The predicted octanol–water partition coefficient (Wildman–Crippen LogP) is 3.38. The molecule has 1 rings (SSSR count). The van der Waals surface area contributed by atoms with E-state index in [4.69, 9.17) is 17.3 Å². The molecular formula is C10H13BrClN. The maximum absolute atomic E-state index is 5.92. The van der Waals surface area contributed by atoms with Crippen LogP contribution in [0.25, 0.3) is 0 Å². The summed E-state index contributed by atoms with van der Waals surface area (Å²) >= 11 is 9.35. The highest BCUT2D eigenvalue weighted by Gasteiger charge is 2.13. The fourth-order valence-electron chi connectivity index (χ4n) is 1.17. The van der Waals surface area contributed by atoms with Crippen LogP contribution in [0.1, 0.15) is 19.4 Å². The molecule has 0 aliphatic heterocycles. The van der Waals surface area contributed by atoms with Crippen LogP contribution >= 0.6 is 27.5 Å². The fourth-order valence-corrected chi connectivity index (χ4v) is 1.75. The Hall–Kier alpha value is -0.0500. The molecule has 0 aliphatic rings. The van der Waals surface area contributed by atoms with Gasteiger partial charge in [-0.1, -0.05) is 27.5 Å². The Balaban J connectivity index is 2.94. The zero-order chi connectivity index (χ0) is 10.1. The second kappa shape index (κ2) is 3.99. The Morgan fingerprint density at radius 2 is 2.08 bits per heavy atom. The smallest absolute Gasteiger partial charge is 0.0409 e. The Kier molecular flexibility index (Phi) is 3.38. The first-order valence-corrected chi connectivity index (χ1v) is 5.28. The molecule has 0 amide bonds. The third-order valence-corrected chi connectivity index (χ3v) is 2.66. The summed E-state index contributed by atoms with van der Waals surface area (Å²) in [6, 6.07) is 5.75. The first-order valence-electron chi connectivity index (χ1n) is 4.11. The van der Waals surface area contributed by atoms with Gasteiger partial charge >= 0.3 is 0 Å². The van der Waals surface area contributed by atoms with Gasteiger partial charge in [-0.25, -0.2) is 0 Å². The molecular weight excluding hydrogens is 249 g/mol. The van der Waals surface area contributed by atoms with Crippen molar-refractivity contribution in [2.24, 2.45) is 5.73 Å². The minimum absolute atomic E-state index is 0.201. The highest BCUT2D eigenvalue weighted by Crippen LogP contribution is 2.24. The summed E-state index contributed by atoms with van der Waals surface area (Å²) in [4.78, 5) is 0. The van der Waals surface area contributed by atoms with E-state index < -0.39 is 0 Å². The molecule has 0 aliphatic carbocycles. The van der Waals surface area contributed by atoms with Crippen LogP contribution in [0.3, 0.4) is 0 Å². The van der Waals surface area contributed by atoms with Gasteiger partial charge in [0.05, 0.1) is 0 Å². The molecule has 1 nitrogen and oxygen atoms in total. The summed E-state index contributed by atoms with van der Waals surface area (Å²) in [5.41, 5.74) is 6.87. The highest BCUT2D eigenvalue weighted by atomic mass is 79.9. The molecule has 0 atom stereocenters. The molecule has 0 fully saturated rings. The van der Waals surface area contributed by atoms with E-state index in [0.717, 1.165) is 21.5 Å². The first-order chi connectivity index (χ1) is 5.88. The quantitative estimate of drug-likeness (QED) is 0.869. The lowest BCUT2D eigenvalue weighted by molar-refractivity contribution is 0.516. The monoisotopic (exact) mass is 261 g/mol. The van der Waals surface area contributed by atoms with Crippen molar-refractivity contribution in [1.29, 1.82) is 0 Å². The van der Waals surface area contributed by atoms with Crippen LogP contribution in [0.15, 0.2) is 22.7 Å². The molecule has 0 saturated carbocycles.